The van der Waals surface area contributed by atoms with Crippen LogP contribution in [0.3, 0.4) is 0 Å². The molecule has 2 aromatic rings. The van der Waals surface area contributed by atoms with Gasteiger partial charge in [0, 0.05) is 18.1 Å². The number of hydrogen-bond acceptors (Lipinski definition) is 3. The molecule has 1 aromatic carbocycles. The molecule has 0 bridgehead atoms. The number of amides is 1. The van der Waals surface area contributed by atoms with Crippen molar-refractivity contribution < 1.29 is 4.79 Å². The van der Waals surface area contributed by atoms with E-state index in [1.54, 1.807) is 12.4 Å². The number of carbonyl (C=O) groups excluding carboxylic acids is 1. The number of benzene rings is 1. The number of nitrogens with one attached hydrogen (secondary N) is 1. The number of imidazole rings is 1. The van der Waals surface area contributed by atoms with E-state index in [4.69, 9.17) is 0 Å². The first-order valence-corrected chi connectivity index (χ1v) is 6.42. The van der Waals surface area contributed by atoms with Crippen molar-refractivity contribution in [3.8, 4) is 0 Å². The highest BCUT2D eigenvalue weighted by Gasteiger charge is 2.06. The summed E-state index contributed by atoms with van der Waals surface area (Å²) >= 11 is 1.52. The van der Waals surface area contributed by atoms with Gasteiger partial charge in [-0.25, -0.2) is 4.98 Å². The maximum absolute atomic E-state index is 11.8. The largest absolute Gasteiger partial charge is 0.325 e. The SMILES string of the molecule is CSc1nccn1CC(=O)Nc1ccccc1. The van der Waals surface area contributed by atoms with Crippen LogP contribution in [0.2, 0.25) is 0 Å². The molecule has 0 unspecified atom stereocenters. The predicted molar refractivity (Wildman–Crippen MR) is 69.1 cm³/mol. The third-order valence-electron chi connectivity index (χ3n) is 2.23. The highest BCUT2D eigenvalue weighted by molar-refractivity contribution is 7.98. The summed E-state index contributed by atoms with van der Waals surface area (Å²) in [7, 11) is 0. The van der Waals surface area contributed by atoms with Gasteiger partial charge in [0.15, 0.2) is 5.16 Å². The Labute approximate surface area is 104 Å². The van der Waals surface area contributed by atoms with E-state index in [0.717, 1.165) is 10.8 Å². The molecular weight excluding hydrogens is 234 g/mol. The second-order valence-corrected chi connectivity index (χ2v) is 4.23. The zero-order valence-corrected chi connectivity index (χ0v) is 10.3. The van der Waals surface area contributed by atoms with Crippen molar-refractivity contribution in [2.24, 2.45) is 0 Å². The summed E-state index contributed by atoms with van der Waals surface area (Å²) in [6, 6.07) is 9.42. The van der Waals surface area contributed by atoms with Gasteiger partial charge in [0.25, 0.3) is 0 Å². The van der Waals surface area contributed by atoms with Crippen molar-refractivity contribution in [2.45, 2.75) is 11.7 Å². The van der Waals surface area contributed by atoms with Crippen LogP contribution in [-0.2, 0) is 11.3 Å². The average molecular weight is 247 g/mol. The van der Waals surface area contributed by atoms with E-state index in [1.807, 2.05) is 41.2 Å². The number of carbonyl (C=O) groups is 1. The third-order valence-corrected chi connectivity index (χ3v) is 2.94. The fraction of sp³-hybridized carbons (Fsp3) is 0.167. The van der Waals surface area contributed by atoms with Gasteiger partial charge in [-0.05, 0) is 18.4 Å². The molecule has 1 N–H and O–H groups in total. The van der Waals surface area contributed by atoms with Gasteiger partial charge < -0.3 is 9.88 Å². The number of hydrogen-bond donors (Lipinski definition) is 1. The topological polar surface area (TPSA) is 46.9 Å². The molecular formula is C12H13N3OS. The minimum Gasteiger partial charge on any atom is -0.325 e. The van der Waals surface area contributed by atoms with Crippen LogP contribution in [0, 0.1) is 0 Å². The van der Waals surface area contributed by atoms with Crippen LogP contribution in [0.5, 0.6) is 0 Å². The number of nitrogens with zero attached hydrogens (tertiary/aromatic N) is 2. The smallest absolute Gasteiger partial charge is 0.244 e. The number of para-hydroxylation sites is 1. The second kappa shape index (κ2) is 5.54. The molecule has 1 aromatic heterocycles. The Morgan fingerprint density at radius 2 is 2.18 bits per heavy atom. The molecule has 0 fully saturated rings. The van der Waals surface area contributed by atoms with Crippen molar-refractivity contribution in [1.29, 1.82) is 0 Å². The molecule has 0 saturated heterocycles. The minimum atomic E-state index is -0.0514. The summed E-state index contributed by atoms with van der Waals surface area (Å²) in [6.07, 6.45) is 5.44. The minimum absolute atomic E-state index is 0.0514. The summed E-state index contributed by atoms with van der Waals surface area (Å²) in [4.78, 5) is 15.9. The average Bonchev–Trinajstić information content (AvgIpc) is 2.77. The lowest BCUT2D eigenvalue weighted by atomic mass is 10.3. The molecule has 88 valence electrons. The maximum atomic E-state index is 11.8. The van der Waals surface area contributed by atoms with Gasteiger partial charge in [0.1, 0.15) is 6.54 Å². The standard InChI is InChI=1S/C12H13N3OS/c1-17-12-13-7-8-15(12)9-11(16)14-10-5-3-2-4-6-10/h2-8H,9H2,1H3,(H,14,16). The van der Waals surface area contributed by atoms with Gasteiger partial charge >= 0.3 is 0 Å². The van der Waals surface area contributed by atoms with Crippen LogP contribution in [0.15, 0.2) is 47.9 Å². The van der Waals surface area contributed by atoms with Gasteiger partial charge in [0.05, 0.1) is 0 Å². The van der Waals surface area contributed by atoms with Crippen molar-refractivity contribution in [3.05, 3.63) is 42.7 Å². The Balaban J connectivity index is 1.98. The summed E-state index contributed by atoms with van der Waals surface area (Å²) in [5.41, 5.74) is 0.809. The van der Waals surface area contributed by atoms with Gasteiger partial charge in [0.2, 0.25) is 5.91 Å². The fourth-order valence-electron chi connectivity index (χ4n) is 1.48. The van der Waals surface area contributed by atoms with Gasteiger partial charge in [-0.2, -0.15) is 0 Å². The summed E-state index contributed by atoms with van der Waals surface area (Å²) in [5.74, 6) is -0.0514. The highest BCUT2D eigenvalue weighted by atomic mass is 32.2. The zero-order chi connectivity index (χ0) is 12.1. The van der Waals surface area contributed by atoms with Crippen LogP contribution in [-0.4, -0.2) is 21.7 Å². The lowest BCUT2D eigenvalue weighted by molar-refractivity contribution is -0.116. The Morgan fingerprint density at radius 1 is 1.41 bits per heavy atom. The molecule has 1 heterocycles. The molecule has 1 amide bonds. The van der Waals surface area contributed by atoms with Crippen LogP contribution >= 0.6 is 11.8 Å². The second-order valence-electron chi connectivity index (χ2n) is 3.46. The van der Waals surface area contributed by atoms with Crippen molar-refractivity contribution in [2.75, 3.05) is 11.6 Å². The quantitative estimate of drug-likeness (QED) is 0.843. The molecule has 0 radical (unpaired) electrons. The van der Waals surface area contributed by atoms with Crippen molar-refractivity contribution in [1.82, 2.24) is 9.55 Å². The third kappa shape index (κ3) is 3.10. The van der Waals surface area contributed by atoms with E-state index in [9.17, 15) is 4.79 Å². The molecule has 0 aliphatic heterocycles. The van der Waals surface area contributed by atoms with Crippen LogP contribution in [0.1, 0.15) is 0 Å². The summed E-state index contributed by atoms with van der Waals surface area (Å²) in [6.45, 7) is 0.283. The Hall–Kier alpha value is -1.75. The Kier molecular flexibility index (Phi) is 3.82. The molecule has 0 spiro atoms. The van der Waals surface area contributed by atoms with Crippen LogP contribution < -0.4 is 5.32 Å². The van der Waals surface area contributed by atoms with Crippen molar-refractivity contribution in [3.63, 3.8) is 0 Å². The Morgan fingerprint density at radius 3 is 2.88 bits per heavy atom. The molecule has 0 aliphatic carbocycles. The highest BCUT2D eigenvalue weighted by Crippen LogP contribution is 2.12. The maximum Gasteiger partial charge on any atom is 0.244 e. The molecule has 5 heteroatoms. The van der Waals surface area contributed by atoms with Crippen LogP contribution in [0.25, 0.3) is 0 Å². The van der Waals surface area contributed by atoms with E-state index in [-0.39, 0.29) is 12.5 Å². The van der Waals surface area contributed by atoms with Crippen molar-refractivity contribution >= 4 is 23.4 Å². The summed E-state index contributed by atoms with van der Waals surface area (Å²) in [5, 5.41) is 3.68. The van der Waals surface area contributed by atoms with E-state index >= 15 is 0 Å². The Bertz CT molecular complexity index is 495. The monoisotopic (exact) mass is 247 g/mol. The number of thioether (sulfide) groups is 1. The van der Waals surface area contributed by atoms with Crippen LogP contribution in [0.4, 0.5) is 5.69 Å². The lowest BCUT2D eigenvalue weighted by Crippen LogP contribution is -2.18. The first kappa shape index (κ1) is 11.7. The molecule has 0 saturated carbocycles. The molecule has 17 heavy (non-hydrogen) atoms. The van der Waals surface area contributed by atoms with E-state index in [0.29, 0.717) is 0 Å². The van der Waals surface area contributed by atoms with E-state index in [1.165, 1.54) is 11.8 Å². The fourth-order valence-corrected chi connectivity index (χ4v) is 2.01. The predicted octanol–water partition coefficient (Wildman–Crippen LogP) is 2.24. The molecule has 0 aliphatic rings. The van der Waals surface area contributed by atoms with E-state index in [2.05, 4.69) is 10.3 Å². The first-order chi connectivity index (χ1) is 8.29. The lowest BCUT2D eigenvalue weighted by Gasteiger charge is -2.07. The normalized spacial score (nSPS) is 10.2. The first-order valence-electron chi connectivity index (χ1n) is 5.19. The number of rotatable bonds is 4. The molecule has 0 atom stereocenters. The summed E-state index contributed by atoms with van der Waals surface area (Å²) < 4.78 is 1.82. The molecule has 4 nitrogen and oxygen atoms in total. The van der Waals surface area contributed by atoms with Gasteiger partial charge in [-0.1, -0.05) is 30.0 Å². The van der Waals surface area contributed by atoms with Gasteiger partial charge in [-0.3, -0.25) is 4.79 Å². The number of anilines is 1. The van der Waals surface area contributed by atoms with E-state index < -0.39 is 0 Å². The zero-order valence-electron chi connectivity index (χ0n) is 9.46. The molecule has 2 rings (SSSR count). The number of aromatic nitrogens is 2. The van der Waals surface area contributed by atoms with Gasteiger partial charge in [-0.15, -0.1) is 0 Å².